The Kier molecular flexibility index (Phi) is 4.65. The van der Waals surface area contributed by atoms with Crippen molar-refractivity contribution in [2.45, 2.75) is 51.1 Å². The molecule has 0 aliphatic carbocycles. The summed E-state index contributed by atoms with van der Waals surface area (Å²) < 4.78 is 1.63. The van der Waals surface area contributed by atoms with Gasteiger partial charge in [-0.1, -0.05) is 0 Å². The number of hydrogen-bond acceptors (Lipinski definition) is 5. The average Bonchev–Trinajstić information content (AvgIpc) is 3.19. The largest absolute Gasteiger partial charge is 0.341 e. The Bertz CT molecular complexity index is 517. The molecule has 8 nitrogen and oxygen atoms in total. The van der Waals surface area contributed by atoms with Crippen LogP contribution in [0.5, 0.6) is 0 Å². The van der Waals surface area contributed by atoms with Gasteiger partial charge in [-0.25, -0.2) is 4.68 Å². The molecule has 2 fully saturated rings. The van der Waals surface area contributed by atoms with E-state index in [4.69, 9.17) is 0 Å². The number of nitrogens with zero attached hydrogens (tertiary/aromatic N) is 6. The highest BCUT2D eigenvalue weighted by molar-refractivity contribution is 5.79. The number of aromatic nitrogens is 4. The molecule has 3 rings (SSSR count). The molecule has 0 saturated carbocycles. The molecule has 2 aliphatic rings. The first kappa shape index (κ1) is 14.9. The molecule has 0 N–H and O–H groups in total. The van der Waals surface area contributed by atoms with E-state index in [-0.39, 0.29) is 17.9 Å². The lowest BCUT2D eigenvalue weighted by Crippen LogP contribution is -2.50. The highest BCUT2D eigenvalue weighted by Gasteiger charge is 2.32. The Hall–Kier alpha value is -1.99. The Morgan fingerprint density at radius 3 is 2.95 bits per heavy atom. The SMILES string of the molecule is O=C(CCCn1cnnn1)N1CCCC(N2CCCC2=O)C1. The van der Waals surface area contributed by atoms with Gasteiger partial charge in [0, 0.05) is 45.1 Å². The summed E-state index contributed by atoms with van der Waals surface area (Å²) in [6.45, 7) is 3.00. The second-order valence-electron chi connectivity index (χ2n) is 6.00. The molecule has 0 aromatic carbocycles. The summed E-state index contributed by atoms with van der Waals surface area (Å²) in [7, 11) is 0. The van der Waals surface area contributed by atoms with Gasteiger partial charge < -0.3 is 9.80 Å². The van der Waals surface area contributed by atoms with E-state index in [0.717, 1.165) is 38.8 Å². The minimum absolute atomic E-state index is 0.171. The van der Waals surface area contributed by atoms with Crippen LogP contribution in [0.3, 0.4) is 0 Å². The third-order valence-corrected chi connectivity index (χ3v) is 4.47. The molecule has 0 spiro atoms. The Balaban J connectivity index is 1.46. The number of piperidine rings is 1. The van der Waals surface area contributed by atoms with Crippen molar-refractivity contribution in [1.82, 2.24) is 30.0 Å². The monoisotopic (exact) mass is 306 g/mol. The summed E-state index contributed by atoms with van der Waals surface area (Å²) in [5.41, 5.74) is 0. The molecule has 3 heterocycles. The molecule has 120 valence electrons. The summed E-state index contributed by atoms with van der Waals surface area (Å²) in [5, 5.41) is 10.9. The summed E-state index contributed by atoms with van der Waals surface area (Å²) >= 11 is 0. The third kappa shape index (κ3) is 3.42. The van der Waals surface area contributed by atoms with Gasteiger partial charge in [0.2, 0.25) is 11.8 Å². The van der Waals surface area contributed by atoms with Gasteiger partial charge in [0.1, 0.15) is 6.33 Å². The number of likely N-dealkylation sites (tertiary alicyclic amines) is 2. The van der Waals surface area contributed by atoms with Crippen molar-refractivity contribution in [1.29, 1.82) is 0 Å². The topological polar surface area (TPSA) is 84.2 Å². The molecule has 0 bridgehead atoms. The Labute approximate surface area is 129 Å². The Morgan fingerprint density at radius 1 is 1.32 bits per heavy atom. The van der Waals surface area contributed by atoms with Gasteiger partial charge in [0.25, 0.3) is 0 Å². The van der Waals surface area contributed by atoms with Crippen LogP contribution in [0.2, 0.25) is 0 Å². The molecular weight excluding hydrogens is 284 g/mol. The maximum atomic E-state index is 12.3. The first-order valence-corrected chi connectivity index (χ1v) is 8.02. The van der Waals surface area contributed by atoms with E-state index in [1.54, 1.807) is 11.0 Å². The van der Waals surface area contributed by atoms with Crippen LogP contribution in [-0.2, 0) is 16.1 Å². The molecule has 2 saturated heterocycles. The Morgan fingerprint density at radius 2 is 2.23 bits per heavy atom. The van der Waals surface area contributed by atoms with Gasteiger partial charge in [0.05, 0.1) is 0 Å². The van der Waals surface area contributed by atoms with Crippen LogP contribution in [0.15, 0.2) is 6.33 Å². The molecule has 0 radical (unpaired) electrons. The van der Waals surface area contributed by atoms with Crippen molar-refractivity contribution in [3.8, 4) is 0 Å². The minimum Gasteiger partial charge on any atom is -0.341 e. The highest BCUT2D eigenvalue weighted by atomic mass is 16.2. The van der Waals surface area contributed by atoms with Gasteiger partial charge in [0.15, 0.2) is 0 Å². The predicted molar refractivity (Wildman–Crippen MR) is 77.6 cm³/mol. The molecule has 1 aromatic rings. The van der Waals surface area contributed by atoms with E-state index in [0.29, 0.717) is 25.9 Å². The third-order valence-electron chi connectivity index (χ3n) is 4.47. The lowest BCUT2D eigenvalue weighted by molar-refractivity contribution is -0.137. The molecule has 2 aliphatic heterocycles. The van der Waals surface area contributed by atoms with Crippen LogP contribution < -0.4 is 0 Å². The predicted octanol–water partition coefficient (Wildman–Crippen LogP) is 0.0667. The number of carbonyl (C=O) groups is 2. The van der Waals surface area contributed by atoms with E-state index >= 15 is 0 Å². The number of carbonyl (C=O) groups excluding carboxylic acids is 2. The molecule has 1 atom stereocenters. The summed E-state index contributed by atoms with van der Waals surface area (Å²) in [6, 6.07) is 0.215. The standard InChI is InChI=1S/C14H22N6O2/c21-13(5-2-8-19-11-15-16-17-19)18-7-1-4-12(10-18)20-9-3-6-14(20)22/h11-12H,1-10H2. The summed E-state index contributed by atoms with van der Waals surface area (Å²) in [5.74, 6) is 0.419. The van der Waals surface area contributed by atoms with Crippen molar-refractivity contribution in [2.75, 3.05) is 19.6 Å². The fourth-order valence-electron chi connectivity index (χ4n) is 3.32. The second kappa shape index (κ2) is 6.85. The maximum Gasteiger partial charge on any atom is 0.222 e. The first-order chi connectivity index (χ1) is 10.7. The van der Waals surface area contributed by atoms with Gasteiger partial charge in [-0.05, 0) is 36.1 Å². The fourth-order valence-corrected chi connectivity index (χ4v) is 3.32. The first-order valence-electron chi connectivity index (χ1n) is 8.02. The molecular formula is C14H22N6O2. The minimum atomic E-state index is 0.171. The van der Waals surface area contributed by atoms with Crippen molar-refractivity contribution >= 4 is 11.8 Å². The summed E-state index contributed by atoms with van der Waals surface area (Å²) in [4.78, 5) is 28.1. The van der Waals surface area contributed by atoms with Crippen LogP contribution >= 0.6 is 0 Å². The lowest BCUT2D eigenvalue weighted by atomic mass is 10.0. The van der Waals surface area contributed by atoms with Crippen LogP contribution in [-0.4, -0.2) is 67.5 Å². The molecule has 22 heavy (non-hydrogen) atoms. The quantitative estimate of drug-likeness (QED) is 0.768. The van der Waals surface area contributed by atoms with Gasteiger partial charge in [-0.15, -0.1) is 5.10 Å². The number of amides is 2. The van der Waals surface area contributed by atoms with Gasteiger partial charge >= 0.3 is 0 Å². The van der Waals surface area contributed by atoms with Gasteiger partial charge in [-0.3, -0.25) is 9.59 Å². The van der Waals surface area contributed by atoms with E-state index in [1.165, 1.54) is 0 Å². The van der Waals surface area contributed by atoms with Crippen LogP contribution in [0.4, 0.5) is 0 Å². The molecule has 1 unspecified atom stereocenters. The zero-order valence-electron chi connectivity index (χ0n) is 12.7. The van der Waals surface area contributed by atoms with Crippen LogP contribution in [0.25, 0.3) is 0 Å². The number of tetrazole rings is 1. The van der Waals surface area contributed by atoms with Gasteiger partial charge in [-0.2, -0.15) is 0 Å². The zero-order chi connectivity index (χ0) is 15.4. The highest BCUT2D eigenvalue weighted by Crippen LogP contribution is 2.22. The van der Waals surface area contributed by atoms with Crippen molar-refractivity contribution in [3.63, 3.8) is 0 Å². The van der Waals surface area contributed by atoms with Crippen molar-refractivity contribution < 1.29 is 9.59 Å². The molecule has 8 heteroatoms. The number of aryl methyl sites for hydroxylation is 1. The fraction of sp³-hybridized carbons (Fsp3) is 0.786. The summed E-state index contributed by atoms with van der Waals surface area (Å²) in [6.07, 6.45) is 6.40. The van der Waals surface area contributed by atoms with E-state index in [9.17, 15) is 9.59 Å². The maximum absolute atomic E-state index is 12.3. The number of rotatable bonds is 5. The molecule has 1 aromatic heterocycles. The van der Waals surface area contributed by atoms with E-state index in [1.807, 2.05) is 9.80 Å². The molecule has 2 amide bonds. The van der Waals surface area contributed by atoms with Crippen LogP contribution in [0, 0.1) is 0 Å². The average molecular weight is 306 g/mol. The lowest BCUT2D eigenvalue weighted by Gasteiger charge is -2.37. The van der Waals surface area contributed by atoms with E-state index < -0.39 is 0 Å². The van der Waals surface area contributed by atoms with Crippen molar-refractivity contribution in [3.05, 3.63) is 6.33 Å². The second-order valence-corrected chi connectivity index (χ2v) is 6.00. The normalized spacial score (nSPS) is 22.4. The van der Waals surface area contributed by atoms with E-state index in [2.05, 4.69) is 15.5 Å². The van der Waals surface area contributed by atoms with Crippen molar-refractivity contribution in [2.24, 2.45) is 0 Å². The van der Waals surface area contributed by atoms with Crippen LogP contribution in [0.1, 0.15) is 38.5 Å². The smallest absolute Gasteiger partial charge is 0.222 e. The number of hydrogen-bond donors (Lipinski definition) is 0. The zero-order valence-corrected chi connectivity index (χ0v) is 12.7.